The van der Waals surface area contributed by atoms with Crippen molar-refractivity contribution in [2.75, 3.05) is 31.5 Å². The molecular formula is C18H29N3O. The number of aryl methyl sites for hydroxylation is 2. The van der Waals surface area contributed by atoms with Gasteiger partial charge in [0.2, 0.25) is 0 Å². The average Bonchev–Trinajstić information content (AvgIpc) is 2.56. The highest BCUT2D eigenvalue weighted by atomic mass is 16.2. The third kappa shape index (κ3) is 3.80. The minimum Gasteiger partial charge on any atom is -0.322 e. The number of benzene rings is 1. The predicted octanol–water partition coefficient (Wildman–Crippen LogP) is 3.51. The zero-order valence-corrected chi connectivity index (χ0v) is 14.4. The van der Waals surface area contributed by atoms with Crippen LogP contribution in [-0.2, 0) is 6.42 Å². The van der Waals surface area contributed by atoms with Crippen LogP contribution < -0.4 is 5.32 Å². The van der Waals surface area contributed by atoms with Crippen molar-refractivity contribution in [1.29, 1.82) is 0 Å². The van der Waals surface area contributed by atoms with Crippen LogP contribution in [0.25, 0.3) is 0 Å². The summed E-state index contributed by atoms with van der Waals surface area (Å²) in [6, 6.07) is 6.83. The minimum absolute atomic E-state index is 0.0350. The fourth-order valence-electron chi connectivity index (χ4n) is 3.01. The van der Waals surface area contributed by atoms with E-state index in [1.165, 1.54) is 5.56 Å². The van der Waals surface area contributed by atoms with E-state index >= 15 is 0 Å². The van der Waals surface area contributed by atoms with Crippen molar-refractivity contribution in [2.24, 2.45) is 0 Å². The van der Waals surface area contributed by atoms with Crippen LogP contribution in [0.5, 0.6) is 0 Å². The number of nitrogens with one attached hydrogen (secondary N) is 1. The van der Waals surface area contributed by atoms with Crippen LogP contribution in [-0.4, -0.2) is 48.1 Å². The van der Waals surface area contributed by atoms with Crippen LogP contribution in [0.1, 0.15) is 38.3 Å². The maximum Gasteiger partial charge on any atom is 0.321 e. The topological polar surface area (TPSA) is 35.6 Å². The summed E-state index contributed by atoms with van der Waals surface area (Å²) >= 11 is 0. The van der Waals surface area contributed by atoms with E-state index in [2.05, 4.69) is 56.1 Å². The Hall–Kier alpha value is -1.55. The Kier molecular flexibility index (Phi) is 5.83. The van der Waals surface area contributed by atoms with E-state index in [4.69, 9.17) is 0 Å². The molecule has 4 nitrogen and oxygen atoms in total. The van der Waals surface area contributed by atoms with E-state index in [1.54, 1.807) is 0 Å². The lowest BCUT2D eigenvalue weighted by Crippen LogP contribution is -2.52. The number of carbonyl (C=O) groups excluding carboxylic acids is 1. The average molecular weight is 303 g/mol. The second kappa shape index (κ2) is 7.63. The van der Waals surface area contributed by atoms with E-state index < -0.39 is 0 Å². The molecule has 0 saturated carbocycles. The van der Waals surface area contributed by atoms with Crippen molar-refractivity contribution in [2.45, 2.75) is 46.6 Å². The molecule has 4 heteroatoms. The van der Waals surface area contributed by atoms with Gasteiger partial charge in [-0.25, -0.2) is 4.79 Å². The van der Waals surface area contributed by atoms with Gasteiger partial charge in [0, 0.05) is 37.9 Å². The molecule has 2 rings (SSSR count). The molecule has 0 spiro atoms. The summed E-state index contributed by atoms with van der Waals surface area (Å²) in [5.74, 6) is 0. The van der Waals surface area contributed by atoms with Crippen molar-refractivity contribution >= 4 is 11.7 Å². The summed E-state index contributed by atoms with van der Waals surface area (Å²) in [7, 11) is 0. The minimum atomic E-state index is 0.0350. The first-order chi connectivity index (χ1) is 10.6. The second-order valence-electron chi connectivity index (χ2n) is 6.17. The van der Waals surface area contributed by atoms with Crippen LogP contribution in [0.2, 0.25) is 0 Å². The second-order valence-corrected chi connectivity index (χ2v) is 6.17. The highest BCUT2D eigenvalue weighted by Crippen LogP contribution is 2.22. The number of rotatable bonds is 4. The van der Waals surface area contributed by atoms with Crippen molar-refractivity contribution in [3.63, 3.8) is 0 Å². The number of hydrogen-bond donors (Lipinski definition) is 1. The zero-order valence-electron chi connectivity index (χ0n) is 14.4. The first-order valence-electron chi connectivity index (χ1n) is 8.45. The van der Waals surface area contributed by atoms with Crippen molar-refractivity contribution < 1.29 is 4.79 Å². The van der Waals surface area contributed by atoms with E-state index in [0.29, 0.717) is 6.04 Å². The number of amides is 2. The molecule has 1 aromatic carbocycles. The molecule has 1 saturated heterocycles. The van der Waals surface area contributed by atoms with E-state index in [-0.39, 0.29) is 6.03 Å². The van der Waals surface area contributed by atoms with Crippen molar-refractivity contribution in [1.82, 2.24) is 9.80 Å². The largest absolute Gasteiger partial charge is 0.322 e. The Balaban J connectivity index is 1.97. The van der Waals surface area contributed by atoms with Crippen LogP contribution >= 0.6 is 0 Å². The maximum atomic E-state index is 12.5. The van der Waals surface area contributed by atoms with Gasteiger partial charge in [-0.15, -0.1) is 0 Å². The summed E-state index contributed by atoms with van der Waals surface area (Å²) in [6.45, 7) is 12.2. The number of anilines is 1. The van der Waals surface area contributed by atoms with Crippen LogP contribution in [0.15, 0.2) is 18.2 Å². The van der Waals surface area contributed by atoms with Gasteiger partial charge < -0.3 is 10.2 Å². The van der Waals surface area contributed by atoms with Crippen molar-refractivity contribution in [3.05, 3.63) is 29.3 Å². The SMILES string of the molecule is CCc1cccc(C)c1NC(=O)N1CCN(C(C)CC)CC1. The Morgan fingerprint density at radius 2 is 1.91 bits per heavy atom. The quantitative estimate of drug-likeness (QED) is 0.924. The van der Waals surface area contributed by atoms with E-state index in [9.17, 15) is 4.79 Å². The van der Waals surface area contributed by atoms with Gasteiger partial charge >= 0.3 is 6.03 Å². The van der Waals surface area contributed by atoms with Gasteiger partial charge in [-0.3, -0.25) is 4.90 Å². The molecule has 22 heavy (non-hydrogen) atoms. The van der Waals surface area contributed by atoms with Gasteiger partial charge in [-0.1, -0.05) is 32.0 Å². The van der Waals surface area contributed by atoms with Gasteiger partial charge in [0.25, 0.3) is 0 Å². The van der Waals surface area contributed by atoms with E-state index in [1.807, 2.05) is 4.90 Å². The molecule has 1 aliphatic heterocycles. The number of hydrogen-bond acceptors (Lipinski definition) is 2. The molecule has 1 heterocycles. The molecule has 1 fully saturated rings. The van der Waals surface area contributed by atoms with Crippen LogP contribution in [0, 0.1) is 6.92 Å². The Morgan fingerprint density at radius 3 is 2.50 bits per heavy atom. The molecule has 0 aliphatic carbocycles. The highest BCUT2D eigenvalue weighted by Gasteiger charge is 2.23. The maximum absolute atomic E-state index is 12.5. The summed E-state index contributed by atoms with van der Waals surface area (Å²) in [5.41, 5.74) is 3.32. The molecule has 0 aromatic heterocycles. The summed E-state index contributed by atoms with van der Waals surface area (Å²) in [5, 5.41) is 3.13. The first-order valence-corrected chi connectivity index (χ1v) is 8.45. The standard InChI is InChI=1S/C18H29N3O/c1-5-15(4)20-10-12-21(13-11-20)18(22)19-17-14(3)8-7-9-16(17)6-2/h7-9,15H,5-6,10-13H2,1-4H3,(H,19,22). The summed E-state index contributed by atoms with van der Waals surface area (Å²) in [6.07, 6.45) is 2.09. The molecule has 122 valence electrons. The number of piperazine rings is 1. The van der Waals surface area contributed by atoms with Gasteiger partial charge in [0.15, 0.2) is 0 Å². The fraction of sp³-hybridized carbons (Fsp3) is 0.611. The number of para-hydroxylation sites is 1. The predicted molar refractivity (Wildman–Crippen MR) is 92.5 cm³/mol. The van der Waals surface area contributed by atoms with Gasteiger partial charge in [-0.2, -0.15) is 0 Å². The van der Waals surface area contributed by atoms with E-state index in [0.717, 1.165) is 50.3 Å². The fourth-order valence-corrected chi connectivity index (χ4v) is 3.01. The first kappa shape index (κ1) is 16.8. The molecule has 0 radical (unpaired) electrons. The molecule has 1 aromatic rings. The third-order valence-electron chi connectivity index (χ3n) is 4.79. The van der Waals surface area contributed by atoms with Crippen LogP contribution in [0.4, 0.5) is 10.5 Å². The number of nitrogens with zero attached hydrogens (tertiary/aromatic N) is 2. The normalized spacial score (nSPS) is 17.4. The van der Waals surface area contributed by atoms with Crippen LogP contribution in [0.3, 0.4) is 0 Å². The number of carbonyl (C=O) groups is 1. The van der Waals surface area contributed by atoms with Crippen molar-refractivity contribution in [3.8, 4) is 0 Å². The Morgan fingerprint density at radius 1 is 1.23 bits per heavy atom. The molecule has 1 aliphatic rings. The molecule has 1 N–H and O–H groups in total. The molecule has 1 unspecified atom stereocenters. The summed E-state index contributed by atoms with van der Waals surface area (Å²) in [4.78, 5) is 16.9. The highest BCUT2D eigenvalue weighted by molar-refractivity contribution is 5.91. The smallest absolute Gasteiger partial charge is 0.321 e. The van der Waals surface area contributed by atoms with Gasteiger partial charge in [0.1, 0.15) is 0 Å². The zero-order chi connectivity index (χ0) is 16.1. The lowest BCUT2D eigenvalue weighted by Gasteiger charge is -2.37. The summed E-state index contributed by atoms with van der Waals surface area (Å²) < 4.78 is 0. The number of urea groups is 1. The molecule has 0 bridgehead atoms. The Labute approximate surface area is 134 Å². The molecular weight excluding hydrogens is 274 g/mol. The van der Waals surface area contributed by atoms with Gasteiger partial charge in [-0.05, 0) is 37.8 Å². The Bertz CT molecular complexity index is 507. The third-order valence-corrected chi connectivity index (χ3v) is 4.79. The lowest BCUT2D eigenvalue weighted by atomic mass is 10.1. The molecule has 1 atom stereocenters. The molecule has 2 amide bonds. The lowest BCUT2D eigenvalue weighted by molar-refractivity contribution is 0.117. The monoisotopic (exact) mass is 303 g/mol. The van der Waals surface area contributed by atoms with Gasteiger partial charge in [0.05, 0.1) is 0 Å².